The number of nitrogens with one attached hydrogen (secondary N) is 1. The van der Waals surface area contributed by atoms with Crippen LogP contribution in [0, 0.1) is 5.82 Å². The second kappa shape index (κ2) is 8.93. The van der Waals surface area contributed by atoms with E-state index in [1.165, 1.54) is 18.2 Å². The van der Waals surface area contributed by atoms with Crippen molar-refractivity contribution >= 4 is 28.8 Å². The molecule has 3 aromatic rings. The van der Waals surface area contributed by atoms with Gasteiger partial charge in [-0.15, -0.1) is 0 Å². The van der Waals surface area contributed by atoms with Crippen LogP contribution in [0.25, 0.3) is 5.57 Å². The molecular formula is C25H21FN2O4. The van der Waals surface area contributed by atoms with Crippen molar-refractivity contribution in [3.63, 3.8) is 0 Å². The molecule has 0 radical (unpaired) electrons. The maximum Gasteiger partial charge on any atom is 0.282 e. The van der Waals surface area contributed by atoms with E-state index in [1.54, 1.807) is 55.6 Å². The van der Waals surface area contributed by atoms with Crippen molar-refractivity contribution < 1.29 is 23.5 Å². The first kappa shape index (κ1) is 21.1. The summed E-state index contributed by atoms with van der Waals surface area (Å²) in [7, 11) is 1.54. The number of benzene rings is 3. The van der Waals surface area contributed by atoms with E-state index in [0.29, 0.717) is 29.4 Å². The highest BCUT2D eigenvalue weighted by atomic mass is 19.1. The monoisotopic (exact) mass is 432 g/mol. The van der Waals surface area contributed by atoms with Crippen LogP contribution < -0.4 is 19.7 Å². The van der Waals surface area contributed by atoms with Crippen molar-refractivity contribution in [2.75, 3.05) is 23.9 Å². The lowest BCUT2D eigenvalue weighted by molar-refractivity contribution is -0.120. The molecule has 0 aromatic heterocycles. The van der Waals surface area contributed by atoms with Gasteiger partial charge in [-0.05, 0) is 67.1 Å². The first-order chi connectivity index (χ1) is 15.5. The normalized spacial score (nSPS) is 13.5. The molecule has 4 rings (SSSR count). The predicted octanol–water partition coefficient (Wildman–Crippen LogP) is 4.63. The molecular weight excluding hydrogens is 411 g/mol. The van der Waals surface area contributed by atoms with Crippen molar-refractivity contribution in [3.8, 4) is 11.5 Å². The van der Waals surface area contributed by atoms with Crippen molar-refractivity contribution in [2.24, 2.45) is 0 Å². The van der Waals surface area contributed by atoms with Crippen LogP contribution in [-0.2, 0) is 9.59 Å². The van der Waals surface area contributed by atoms with Gasteiger partial charge in [-0.1, -0.05) is 18.2 Å². The molecule has 0 fully saturated rings. The zero-order valence-corrected chi connectivity index (χ0v) is 17.6. The molecule has 0 saturated heterocycles. The van der Waals surface area contributed by atoms with E-state index in [1.807, 2.05) is 6.92 Å². The highest BCUT2D eigenvalue weighted by Crippen LogP contribution is 2.34. The maximum absolute atomic E-state index is 13.8. The fraction of sp³-hybridized carbons (Fsp3) is 0.120. The molecule has 0 spiro atoms. The zero-order valence-electron chi connectivity index (χ0n) is 17.6. The number of ether oxygens (including phenoxy) is 2. The number of amides is 2. The number of carbonyl (C=O) groups is 2. The summed E-state index contributed by atoms with van der Waals surface area (Å²) in [4.78, 5) is 27.6. The molecule has 32 heavy (non-hydrogen) atoms. The van der Waals surface area contributed by atoms with Gasteiger partial charge in [-0.2, -0.15) is 0 Å². The molecule has 6 nitrogen and oxygen atoms in total. The van der Waals surface area contributed by atoms with Gasteiger partial charge in [0, 0.05) is 5.69 Å². The Hall–Kier alpha value is -4.13. The second-order valence-corrected chi connectivity index (χ2v) is 6.99. The molecule has 0 atom stereocenters. The van der Waals surface area contributed by atoms with Gasteiger partial charge in [-0.3, -0.25) is 9.59 Å². The summed E-state index contributed by atoms with van der Waals surface area (Å²) in [5.74, 6) is -0.340. The number of hydrogen-bond donors (Lipinski definition) is 1. The Bertz CT molecular complexity index is 1190. The number of imide groups is 1. The van der Waals surface area contributed by atoms with E-state index in [9.17, 15) is 14.0 Å². The number of carbonyl (C=O) groups excluding carboxylic acids is 2. The van der Waals surface area contributed by atoms with Crippen LogP contribution in [0.2, 0.25) is 0 Å². The van der Waals surface area contributed by atoms with Crippen LogP contribution in [0.3, 0.4) is 0 Å². The first-order valence-electron chi connectivity index (χ1n) is 10.0. The molecule has 3 aromatic carbocycles. The number of hydrogen-bond acceptors (Lipinski definition) is 5. The van der Waals surface area contributed by atoms with Crippen LogP contribution >= 0.6 is 0 Å². The average molecular weight is 432 g/mol. The molecule has 0 unspecified atom stereocenters. The van der Waals surface area contributed by atoms with Crippen LogP contribution in [0.15, 0.2) is 78.5 Å². The molecule has 2 amide bonds. The summed E-state index contributed by atoms with van der Waals surface area (Å²) < 4.78 is 24.5. The quantitative estimate of drug-likeness (QED) is 0.552. The minimum atomic E-state index is -0.569. The lowest BCUT2D eigenvalue weighted by Gasteiger charge is -2.15. The Morgan fingerprint density at radius 2 is 1.59 bits per heavy atom. The van der Waals surface area contributed by atoms with Crippen LogP contribution in [-0.4, -0.2) is 25.5 Å². The minimum Gasteiger partial charge on any atom is -0.497 e. The molecule has 1 aliphatic heterocycles. The number of nitrogens with zero attached hydrogens (tertiary/aromatic N) is 1. The van der Waals surface area contributed by atoms with E-state index >= 15 is 0 Å². The fourth-order valence-corrected chi connectivity index (χ4v) is 3.47. The van der Waals surface area contributed by atoms with Crippen molar-refractivity contribution in [2.45, 2.75) is 6.92 Å². The van der Waals surface area contributed by atoms with Gasteiger partial charge in [0.05, 0.1) is 25.0 Å². The van der Waals surface area contributed by atoms with Gasteiger partial charge in [0.15, 0.2) is 0 Å². The third-order valence-corrected chi connectivity index (χ3v) is 4.96. The summed E-state index contributed by atoms with van der Waals surface area (Å²) in [6.45, 7) is 2.43. The topological polar surface area (TPSA) is 67.9 Å². The van der Waals surface area contributed by atoms with Crippen LogP contribution in [0.5, 0.6) is 11.5 Å². The van der Waals surface area contributed by atoms with Crippen molar-refractivity contribution in [3.05, 3.63) is 89.9 Å². The van der Waals surface area contributed by atoms with Crippen LogP contribution in [0.4, 0.5) is 15.8 Å². The van der Waals surface area contributed by atoms with Gasteiger partial charge in [-0.25, -0.2) is 9.29 Å². The standard InChI is InChI=1S/C25H21FN2O4/c1-3-32-21-13-9-18(10-14-21)27-23-22(16-7-11-20(31-2)12-8-16)24(29)28(25(23)30)19-6-4-5-17(26)15-19/h4-15,27H,3H2,1-2H3. The van der Waals surface area contributed by atoms with Crippen molar-refractivity contribution in [1.29, 1.82) is 0 Å². The smallest absolute Gasteiger partial charge is 0.282 e. The van der Waals surface area contributed by atoms with Gasteiger partial charge < -0.3 is 14.8 Å². The van der Waals surface area contributed by atoms with E-state index in [4.69, 9.17) is 9.47 Å². The average Bonchev–Trinajstić information content (AvgIpc) is 3.04. The molecule has 1 heterocycles. The number of anilines is 2. The molecule has 7 heteroatoms. The highest BCUT2D eigenvalue weighted by Gasteiger charge is 2.40. The lowest BCUT2D eigenvalue weighted by Crippen LogP contribution is -2.32. The Balaban J connectivity index is 1.76. The number of halogens is 1. The first-order valence-corrected chi connectivity index (χ1v) is 10.0. The van der Waals surface area contributed by atoms with Gasteiger partial charge in [0.25, 0.3) is 11.8 Å². The third-order valence-electron chi connectivity index (χ3n) is 4.96. The van der Waals surface area contributed by atoms with E-state index in [0.717, 1.165) is 11.0 Å². The van der Waals surface area contributed by atoms with Gasteiger partial charge >= 0.3 is 0 Å². The van der Waals surface area contributed by atoms with E-state index in [2.05, 4.69) is 5.32 Å². The van der Waals surface area contributed by atoms with E-state index in [-0.39, 0.29) is 17.0 Å². The Kier molecular flexibility index (Phi) is 5.89. The van der Waals surface area contributed by atoms with E-state index < -0.39 is 17.6 Å². The molecule has 1 aliphatic rings. The summed E-state index contributed by atoms with van der Waals surface area (Å²) in [6, 6.07) is 19.3. The number of rotatable bonds is 7. The lowest BCUT2D eigenvalue weighted by atomic mass is 10.0. The largest absolute Gasteiger partial charge is 0.497 e. The van der Waals surface area contributed by atoms with Gasteiger partial charge in [0.2, 0.25) is 0 Å². The van der Waals surface area contributed by atoms with Crippen LogP contribution in [0.1, 0.15) is 12.5 Å². The molecule has 1 N–H and O–H groups in total. The minimum absolute atomic E-state index is 0.105. The Labute approximate surface area is 184 Å². The second-order valence-electron chi connectivity index (χ2n) is 6.99. The number of methoxy groups -OCH3 is 1. The summed E-state index contributed by atoms with van der Waals surface area (Å²) in [5.41, 5.74) is 1.60. The van der Waals surface area contributed by atoms with Gasteiger partial charge in [0.1, 0.15) is 23.0 Å². The molecule has 162 valence electrons. The molecule has 0 bridgehead atoms. The third kappa shape index (κ3) is 4.05. The fourth-order valence-electron chi connectivity index (χ4n) is 3.47. The predicted molar refractivity (Wildman–Crippen MR) is 120 cm³/mol. The summed E-state index contributed by atoms with van der Waals surface area (Å²) >= 11 is 0. The molecule has 0 aliphatic carbocycles. The Morgan fingerprint density at radius 3 is 2.22 bits per heavy atom. The SMILES string of the molecule is CCOc1ccc(NC2=C(c3ccc(OC)cc3)C(=O)N(c3cccc(F)c3)C2=O)cc1. The maximum atomic E-state index is 13.8. The van der Waals surface area contributed by atoms with Crippen molar-refractivity contribution in [1.82, 2.24) is 0 Å². The molecule has 0 saturated carbocycles. The summed E-state index contributed by atoms with van der Waals surface area (Å²) in [5, 5.41) is 3.07. The summed E-state index contributed by atoms with van der Waals surface area (Å²) in [6.07, 6.45) is 0. The Morgan fingerprint density at radius 1 is 0.906 bits per heavy atom. The zero-order chi connectivity index (χ0) is 22.7. The highest BCUT2D eigenvalue weighted by molar-refractivity contribution is 6.46.